The van der Waals surface area contributed by atoms with E-state index in [1.807, 2.05) is 45.0 Å². The first kappa shape index (κ1) is 25.0. The van der Waals surface area contributed by atoms with Crippen molar-refractivity contribution in [3.8, 4) is 5.75 Å². The number of aliphatic hydroxyl groups is 1. The van der Waals surface area contributed by atoms with Crippen molar-refractivity contribution in [1.82, 2.24) is 4.90 Å². The number of carbonyl (C=O) groups is 2. The number of nitrogens with zero attached hydrogens (tertiary/aromatic N) is 1. The molecule has 0 saturated carbocycles. The van der Waals surface area contributed by atoms with E-state index in [9.17, 15) is 14.7 Å². The average Bonchev–Trinajstić information content (AvgIpc) is 3.42. The number of hydrogen-bond donors (Lipinski definition) is 1. The van der Waals surface area contributed by atoms with Crippen molar-refractivity contribution in [2.45, 2.75) is 71.6 Å². The van der Waals surface area contributed by atoms with E-state index in [0.717, 1.165) is 29.7 Å². The van der Waals surface area contributed by atoms with Crippen LogP contribution in [0.4, 0.5) is 0 Å². The van der Waals surface area contributed by atoms with E-state index in [4.69, 9.17) is 9.47 Å². The van der Waals surface area contributed by atoms with Crippen LogP contribution >= 0.6 is 0 Å². The molecule has 6 nitrogen and oxygen atoms in total. The summed E-state index contributed by atoms with van der Waals surface area (Å²) < 4.78 is 11.6. The van der Waals surface area contributed by atoms with E-state index >= 15 is 0 Å². The van der Waals surface area contributed by atoms with E-state index in [2.05, 4.69) is 13.8 Å². The maximum absolute atomic E-state index is 13.3. The number of likely N-dealkylation sites (tertiary alicyclic amines) is 1. The van der Waals surface area contributed by atoms with Crippen LogP contribution in [0.25, 0.3) is 5.76 Å². The fourth-order valence-corrected chi connectivity index (χ4v) is 4.82. The van der Waals surface area contributed by atoms with Gasteiger partial charge in [-0.15, -0.1) is 0 Å². The van der Waals surface area contributed by atoms with E-state index in [0.29, 0.717) is 24.6 Å². The van der Waals surface area contributed by atoms with Crippen LogP contribution in [0.3, 0.4) is 0 Å². The molecule has 1 N–H and O–H groups in total. The molecule has 0 spiro atoms. The summed E-state index contributed by atoms with van der Waals surface area (Å²) in [7, 11) is 0. The normalized spacial score (nSPS) is 22.0. The zero-order valence-electron chi connectivity index (χ0n) is 21.2. The van der Waals surface area contributed by atoms with Crippen molar-refractivity contribution < 1.29 is 24.2 Å². The number of benzene rings is 2. The zero-order chi connectivity index (χ0) is 25.3. The van der Waals surface area contributed by atoms with Crippen LogP contribution in [0.15, 0.2) is 48.0 Å². The van der Waals surface area contributed by atoms with Gasteiger partial charge in [-0.1, -0.05) is 38.1 Å². The third-order valence-corrected chi connectivity index (χ3v) is 6.69. The summed E-state index contributed by atoms with van der Waals surface area (Å²) in [5, 5.41) is 11.4. The first-order valence-corrected chi connectivity index (χ1v) is 12.4. The lowest BCUT2D eigenvalue weighted by atomic mass is 9.93. The summed E-state index contributed by atoms with van der Waals surface area (Å²) in [6.45, 7) is 11.0. The Labute approximate surface area is 207 Å². The van der Waals surface area contributed by atoms with Crippen molar-refractivity contribution in [1.29, 1.82) is 0 Å². The smallest absolute Gasteiger partial charge is 0.295 e. The Morgan fingerprint density at radius 3 is 2.40 bits per heavy atom. The Morgan fingerprint density at radius 2 is 1.83 bits per heavy atom. The molecule has 2 aliphatic heterocycles. The summed E-state index contributed by atoms with van der Waals surface area (Å²) in [6.07, 6.45) is 1.69. The zero-order valence-corrected chi connectivity index (χ0v) is 21.2. The van der Waals surface area contributed by atoms with Crippen molar-refractivity contribution in [2.24, 2.45) is 0 Å². The van der Waals surface area contributed by atoms with Gasteiger partial charge in [0.1, 0.15) is 11.5 Å². The Morgan fingerprint density at radius 1 is 1.11 bits per heavy atom. The van der Waals surface area contributed by atoms with E-state index in [-0.39, 0.29) is 23.5 Å². The first-order valence-electron chi connectivity index (χ1n) is 12.4. The van der Waals surface area contributed by atoms with Gasteiger partial charge in [-0.3, -0.25) is 9.59 Å². The second-order valence-corrected chi connectivity index (χ2v) is 10.1. The molecule has 2 saturated heterocycles. The Balaban J connectivity index is 1.79. The largest absolute Gasteiger partial charge is 0.507 e. The van der Waals surface area contributed by atoms with Crippen molar-refractivity contribution >= 4 is 17.4 Å². The topological polar surface area (TPSA) is 76.1 Å². The number of aryl methyl sites for hydroxylation is 1. The molecule has 0 aliphatic carbocycles. The molecule has 2 unspecified atom stereocenters. The Bertz CT molecular complexity index is 1130. The van der Waals surface area contributed by atoms with Gasteiger partial charge in [0, 0.05) is 18.7 Å². The number of rotatable bonds is 7. The molecule has 2 aromatic rings. The SMILES string of the molecule is Cc1cc(/C(O)=C2/C(=O)C(=O)N(CC3CCCO3)C2c2ccc(C(C)C)cc2)ccc1OC(C)C. The van der Waals surface area contributed by atoms with Crippen molar-refractivity contribution in [3.05, 3.63) is 70.3 Å². The number of amides is 1. The molecule has 1 amide bonds. The maximum atomic E-state index is 13.3. The standard InChI is InChI=1S/C29H35NO5/c1-17(2)20-8-10-21(11-9-20)26-25(28(32)29(33)30(26)16-23-7-6-14-34-23)27(31)22-12-13-24(19(5)15-22)35-18(3)4/h8-13,15,17-18,23,26,31H,6-7,14,16H2,1-5H3/b27-25-. The molecular formula is C29H35NO5. The number of ether oxygens (including phenoxy) is 2. The van der Waals surface area contributed by atoms with Crippen LogP contribution in [0.1, 0.15) is 74.8 Å². The highest BCUT2D eigenvalue weighted by atomic mass is 16.5. The quantitative estimate of drug-likeness (QED) is 0.323. The first-order chi connectivity index (χ1) is 16.7. The summed E-state index contributed by atoms with van der Waals surface area (Å²) in [6, 6.07) is 12.6. The van der Waals surface area contributed by atoms with Gasteiger partial charge in [0.25, 0.3) is 11.7 Å². The molecule has 2 fully saturated rings. The summed E-state index contributed by atoms with van der Waals surface area (Å²) in [5.74, 6) is -0.363. The summed E-state index contributed by atoms with van der Waals surface area (Å²) in [4.78, 5) is 28.0. The molecule has 2 atom stereocenters. The molecular weight excluding hydrogens is 442 g/mol. The van der Waals surface area contributed by atoms with Gasteiger partial charge < -0.3 is 19.5 Å². The summed E-state index contributed by atoms with van der Waals surface area (Å²) >= 11 is 0. The van der Waals surface area contributed by atoms with E-state index < -0.39 is 17.7 Å². The number of Topliss-reactive ketones (excluding diaryl/α,β-unsaturated/α-hetero) is 1. The Kier molecular flexibility index (Phi) is 7.31. The van der Waals surface area contributed by atoms with Gasteiger partial charge in [-0.2, -0.15) is 0 Å². The van der Waals surface area contributed by atoms with Gasteiger partial charge >= 0.3 is 0 Å². The molecule has 2 aromatic carbocycles. The highest BCUT2D eigenvalue weighted by molar-refractivity contribution is 6.46. The fourth-order valence-electron chi connectivity index (χ4n) is 4.82. The maximum Gasteiger partial charge on any atom is 0.295 e. The van der Waals surface area contributed by atoms with Crippen LogP contribution in [0.2, 0.25) is 0 Å². The number of ketones is 1. The van der Waals surface area contributed by atoms with Crippen molar-refractivity contribution in [3.63, 3.8) is 0 Å². The monoisotopic (exact) mass is 477 g/mol. The molecule has 6 heteroatoms. The fraction of sp³-hybridized carbons (Fsp3) is 0.448. The van der Waals surface area contributed by atoms with Crippen molar-refractivity contribution in [2.75, 3.05) is 13.2 Å². The van der Waals surface area contributed by atoms with Crippen LogP contribution in [-0.2, 0) is 14.3 Å². The van der Waals surface area contributed by atoms with Gasteiger partial charge in [-0.25, -0.2) is 0 Å². The Hall–Kier alpha value is -3.12. The van der Waals surface area contributed by atoms with Crippen LogP contribution < -0.4 is 4.74 Å². The second kappa shape index (κ2) is 10.2. The molecule has 0 bridgehead atoms. The van der Waals surface area contributed by atoms with Gasteiger partial charge in [-0.05, 0) is 74.4 Å². The number of aliphatic hydroxyl groups excluding tert-OH is 1. The average molecular weight is 478 g/mol. The third-order valence-electron chi connectivity index (χ3n) is 6.69. The van der Waals surface area contributed by atoms with Gasteiger partial charge in [0.05, 0.1) is 23.8 Å². The lowest BCUT2D eigenvalue weighted by Gasteiger charge is -2.27. The molecule has 186 valence electrons. The third kappa shape index (κ3) is 5.13. The molecule has 2 heterocycles. The molecule has 0 aromatic heterocycles. The van der Waals surface area contributed by atoms with E-state index in [1.54, 1.807) is 23.1 Å². The van der Waals surface area contributed by atoms with Crippen LogP contribution in [0, 0.1) is 6.92 Å². The lowest BCUT2D eigenvalue weighted by molar-refractivity contribution is -0.140. The second-order valence-electron chi connectivity index (χ2n) is 10.1. The number of hydrogen-bond acceptors (Lipinski definition) is 5. The predicted molar refractivity (Wildman–Crippen MR) is 135 cm³/mol. The predicted octanol–water partition coefficient (Wildman–Crippen LogP) is 5.51. The molecule has 4 rings (SSSR count). The lowest BCUT2D eigenvalue weighted by Crippen LogP contribution is -2.36. The minimum Gasteiger partial charge on any atom is -0.507 e. The highest BCUT2D eigenvalue weighted by Crippen LogP contribution is 2.41. The van der Waals surface area contributed by atoms with Crippen LogP contribution in [-0.4, -0.2) is 47.1 Å². The van der Waals surface area contributed by atoms with Gasteiger partial charge in [0.15, 0.2) is 0 Å². The van der Waals surface area contributed by atoms with E-state index in [1.165, 1.54) is 5.56 Å². The molecule has 0 radical (unpaired) electrons. The summed E-state index contributed by atoms with van der Waals surface area (Å²) in [5.41, 5.74) is 3.40. The minimum atomic E-state index is -0.674. The number of carbonyl (C=O) groups excluding carboxylic acids is 2. The molecule has 2 aliphatic rings. The highest BCUT2D eigenvalue weighted by Gasteiger charge is 2.47. The van der Waals surface area contributed by atoms with Crippen LogP contribution in [0.5, 0.6) is 5.75 Å². The minimum absolute atomic E-state index is 0.0186. The molecule has 35 heavy (non-hydrogen) atoms. The van der Waals surface area contributed by atoms with Gasteiger partial charge in [0.2, 0.25) is 0 Å².